The van der Waals surface area contributed by atoms with Crippen LogP contribution in [0.1, 0.15) is 31.8 Å². The Morgan fingerprint density at radius 1 is 0.537 bits per heavy atom. The lowest BCUT2D eigenvalue weighted by molar-refractivity contribution is 0.0682. The minimum atomic E-state index is -1.25. The van der Waals surface area contributed by atoms with Crippen molar-refractivity contribution < 1.29 is 30.0 Å². The van der Waals surface area contributed by atoms with E-state index in [1.165, 1.54) is 45.8 Å². The van der Waals surface area contributed by atoms with Crippen molar-refractivity contribution in [2.75, 3.05) is 0 Å². The first-order valence-corrected chi connectivity index (χ1v) is 16.1. The molecule has 8 aromatic rings. The Hall–Kier alpha value is -8.22. The van der Waals surface area contributed by atoms with Gasteiger partial charge in [0.25, 0.3) is 0 Å². The Labute approximate surface area is 306 Å². The topological polar surface area (TPSA) is 176 Å². The predicted octanol–water partition coefficient (Wildman–Crippen LogP) is 6.95. The number of hydrogen-bond donors (Lipinski definition) is 4. The van der Waals surface area contributed by atoms with Gasteiger partial charge in [-0.1, -0.05) is 70.8 Å². The van der Waals surface area contributed by atoms with Gasteiger partial charge in [-0.2, -0.15) is 0 Å². The van der Waals surface area contributed by atoms with Gasteiger partial charge in [-0.15, -0.1) is 23.0 Å². The van der Waals surface area contributed by atoms with Crippen LogP contribution in [0, 0.1) is 24.7 Å². The Morgan fingerprint density at radius 2 is 0.907 bits per heavy atom. The van der Waals surface area contributed by atoms with Crippen LogP contribution in [-0.4, -0.2) is 62.4 Å². The van der Waals surface area contributed by atoms with Gasteiger partial charge >= 0.3 is 11.9 Å². The van der Waals surface area contributed by atoms with Gasteiger partial charge in [0.1, 0.15) is 34.0 Å². The molecule has 0 aliphatic carbocycles. The van der Waals surface area contributed by atoms with Gasteiger partial charge in [0, 0.05) is 34.4 Å². The number of carbonyl (C=O) groups is 2. The van der Waals surface area contributed by atoms with Crippen molar-refractivity contribution in [3.8, 4) is 70.1 Å². The number of terminal acetylenes is 2. The van der Waals surface area contributed by atoms with Crippen molar-refractivity contribution in [1.82, 2.24) is 30.0 Å². The molecule has 0 saturated heterocycles. The van der Waals surface area contributed by atoms with Gasteiger partial charge in [0.15, 0.2) is 0 Å². The molecule has 0 spiro atoms. The highest BCUT2D eigenvalue weighted by Crippen LogP contribution is 2.35. The third-order valence-corrected chi connectivity index (χ3v) is 8.57. The number of nitrogens with zero attached hydrogens (tertiary/aromatic N) is 6. The first-order valence-electron chi connectivity index (χ1n) is 16.1. The Kier molecular flexibility index (Phi) is 9.00. The van der Waals surface area contributed by atoms with Gasteiger partial charge in [0.2, 0.25) is 0 Å². The third kappa shape index (κ3) is 6.65. The van der Waals surface area contributed by atoms with Gasteiger partial charge in [-0.05, 0) is 70.1 Å². The molecule has 0 fully saturated rings. The van der Waals surface area contributed by atoms with E-state index in [9.17, 15) is 30.0 Å². The van der Waals surface area contributed by atoms with E-state index in [-0.39, 0.29) is 11.1 Å². The van der Waals surface area contributed by atoms with E-state index in [0.717, 1.165) is 32.7 Å². The molecule has 12 nitrogen and oxygen atoms in total. The molecule has 6 aromatic carbocycles. The first kappa shape index (κ1) is 34.2. The summed E-state index contributed by atoms with van der Waals surface area (Å²) in [7, 11) is 0. The van der Waals surface area contributed by atoms with E-state index in [2.05, 4.69) is 32.5 Å². The maximum atomic E-state index is 11.2. The van der Waals surface area contributed by atoms with Crippen LogP contribution >= 0.6 is 0 Å². The molecule has 2 aromatic heterocycles. The second-order valence-corrected chi connectivity index (χ2v) is 11.9. The van der Waals surface area contributed by atoms with Gasteiger partial charge in [0.05, 0.1) is 23.8 Å². The molecular weight excluding hydrogens is 684 g/mol. The quantitative estimate of drug-likeness (QED) is 0.132. The normalized spacial score (nSPS) is 10.6. The molecule has 0 atom stereocenters. The molecule has 0 aliphatic heterocycles. The highest BCUT2D eigenvalue weighted by atomic mass is 16.4. The zero-order valence-corrected chi connectivity index (χ0v) is 28.0. The first-order chi connectivity index (χ1) is 26.1. The van der Waals surface area contributed by atoms with Crippen LogP contribution in [0.5, 0.6) is 11.5 Å². The van der Waals surface area contributed by atoms with Gasteiger partial charge in [-0.3, -0.25) is 0 Å². The summed E-state index contributed by atoms with van der Waals surface area (Å²) in [5, 5.41) is 59.7. The lowest BCUT2D eigenvalue weighted by Gasteiger charge is -2.08. The third-order valence-electron chi connectivity index (χ3n) is 8.57. The minimum Gasteiger partial charge on any atom is -0.507 e. The summed E-state index contributed by atoms with van der Waals surface area (Å²) in [4.78, 5) is 22.5. The van der Waals surface area contributed by atoms with Crippen molar-refractivity contribution in [3.05, 3.63) is 144 Å². The highest BCUT2D eigenvalue weighted by molar-refractivity contribution is 5.95. The zero-order chi connectivity index (χ0) is 37.9. The summed E-state index contributed by atoms with van der Waals surface area (Å²) < 4.78 is 2.84. The highest BCUT2D eigenvalue weighted by Gasteiger charge is 2.18. The van der Waals surface area contributed by atoms with Crippen molar-refractivity contribution in [3.63, 3.8) is 0 Å². The van der Waals surface area contributed by atoms with Crippen molar-refractivity contribution >= 4 is 33.5 Å². The number of fused-ring (bicyclic) bond motifs is 2. The zero-order valence-electron chi connectivity index (χ0n) is 28.0. The maximum Gasteiger partial charge on any atom is 0.339 e. The average Bonchev–Trinajstić information content (AvgIpc) is 3.88. The lowest BCUT2D eigenvalue weighted by atomic mass is 9.97. The molecule has 8 rings (SSSR count). The number of carboxylic acid groups (broad SMARTS) is 2. The SMILES string of the molecule is C#Cc1cc2ccccc2cc1C#C.O=C(O)c1ccc(-n2cc(-c3cc4ccccc4cc3-c3cn(-c4ccc(C(=O)O)c(O)c4)nn3)nn2)cc1O. The number of phenols is 2. The van der Waals surface area contributed by atoms with E-state index >= 15 is 0 Å². The minimum absolute atomic E-state index is 0.227. The van der Waals surface area contributed by atoms with E-state index in [4.69, 9.17) is 12.8 Å². The lowest BCUT2D eigenvalue weighted by Crippen LogP contribution is -2.00. The van der Waals surface area contributed by atoms with E-state index in [1.807, 2.05) is 72.8 Å². The molecule has 0 amide bonds. The van der Waals surface area contributed by atoms with E-state index < -0.39 is 23.4 Å². The molecule has 0 radical (unpaired) electrons. The second-order valence-electron chi connectivity index (χ2n) is 11.9. The van der Waals surface area contributed by atoms with Crippen LogP contribution < -0.4 is 0 Å². The summed E-state index contributed by atoms with van der Waals surface area (Å²) in [5.74, 6) is 1.91. The standard InChI is InChI=1S/C28H18N6O6.C14H8/c35-25-11-17(5-7-19(25)27(37)38)33-13-23(29-31-33)21-9-15-3-1-2-4-16(15)10-22(21)24-14-34(32-30-24)18-6-8-20(28(39)40)26(36)12-18;1-3-11-9-13-7-5-6-8-14(13)10-12(11)4-2/h1-14,35-36H,(H,37,38)(H,39,40);1-2,5-10H. The van der Waals surface area contributed by atoms with Crippen LogP contribution in [-0.2, 0) is 0 Å². The van der Waals surface area contributed by atoms with E-state index in [1.54, 1.807) is 12.4 Å². The fourth-order valence-electron chi connectivity index (χ4n) is 5.86. The van der Waals surface area contributed by atoms with Crippen LogP contribution in [0.3, 0.4) is 0 Å². The Morgan fingerprint density at radius 3 is 1.24 bits per heavy atom. The smallest absolute Gasteiger partial charge is 0.339 e. The second kappa shape index (κ2) is 14.2. The molecule has 0 aliphatic rings. The number of carboxylic acids is 2. The summed E-state index contributed by atoms with van der Waals surface area (Å²) >= 11 is 0. The van der Waals surface area contributed by atoms with Crippen molar-refractivity contribution in [2.24, 2.45) is 0 Å². The van der Waals surface area contributed by atoms with Gasteiger partial charge in [-0.25, -0.2) is 19.0 Å². The monoisotopic (exact) mass is 710 g/mol. The molecule has 4 N–H and O–H groups in total. The molecule has 54 heavy (non-hydrogen) atoms. The summed E-state index contributed by atoms with van der Waals surface area (Å²) in [6.45, 7) is 0. The molecule has 12 heteroatoms. The fourth-order valence-corrected chi connectivity index (χ4v) is 5.86. The molecule has 260 valence electrons. The molecule has 0 saturated carbocycles. The number of aromatic nitrogens is 6. The van der Waals surface area contributed by atoms with Gasteiger partial charge < -0.3 is 20.4 Å². The van der Waals surface area contributed by atoms with Crippen molar-refractivity contribution in [2.45, 2.75) is 0 Å². The average molecular weight is 711 g/mol. The van der Waals surface area contributed by atoms with Crippen LogP contribution in [0.4, 0.5) is 0 Å². The Bertz CT molecular complexity index is 2670. The largest absolute Gasteiger partial charge is 0.507 e. The van der Waals surface area contributed by atoms with Crippen LogP contribution in [0.25, 0.3) is 55.4 Å². The molecule has 0 unspecified atom stereocenters. The van der Waals surface area contributed by atoms with Crippen LogP contribution in [0.15, 0.2) is 122 Å². The summed E-state index contributed by atoms with van der Waals surface area (Å²) in [5.41, 5.74) is 4.29. The van der Waals surface area contributed by atoms with E-state index in [0.29, 0.717) is 33.9 Å². The molecule has 2 heterocycles. The number of aromatic hydroxyl groups is 2. The Balaban J connectivity index is 0.000000269. The fraction of sp³-hybridized carbons (Fsp3) is 0. The number of rotatable bonds is 6. The number of benzene rings is 6. The summed E-state index contributed by atoms with van der Waals surface area (Å²) in [6.07, 6.45) is 14.0. The molecule has 0 bridgehead atoms. The number of aromatic carboxylic acids is 2. The predicted molar refractivity (Wildman–Crippen MR) is 202 cm³/mol. The summed E-state index contributed by atoms with van der Waals surface area (Å²) in [6, 6.07) is 31.7. The number of hydrogen-bond acceptors (Lipinski definition) is 8. The molecular formula is C42H26N6O6. The van der Waals surface area contributed by atoms with Crippen molar-refractivity contribution in [1.29, 1.82) is 0 Å². The van der Waals surface area contributed by atoms with Crippen LogP contribution in [0.2, 0.25) is 0 Å². The maximum absolute atomic E-state index is 11.2.